The normalized spacial score (nSPS) is 10.5. The van der Waals surface area contributed by atoms with E-state index in [1.165, 1.54) is 92.8 Å². The Morgan fingerprint density at radius 3 is 0.600 bits per heavy atom. The molecule has 2 heterocycles. The largest absolute Gasteiger partial charge is 1.00 e. The van der Waals surface area contributed by atoms with Crippen LogP contribution in [-0.4, -0.2) is 33.8 Å². The van der Waals surface area contributed by atoms with Crippen molar-refractivity contribution >= 4 is 118 Å². The van der Waals surface area contributed by atoms with Gasteiger partial charge in [-0.15, -0.1) is 70.8 Å². The number of para-hydroxylation sites is 2. The molecule has 0 aliphatic heterocycles. The molecule has 2 nitrogen and oxygen atoms in total. The van der Waals surface area contributed by atoms with Crippen LogP contribution in [-0.2, 0) is 89.5 Å². The van der Waals surface area contributed by atoms with Crippen molar-refractivity contribution in [1.82, 2.24) is 9.13 Å². The van der Waals surface area contributed by atoms with Gasteiger partial charge in [0.2, 0.25) is 0 Å². The maximum Gasteiger partial charge on any atom is 1.00 e. The average molecular weight is 2220 g/mol. The molecule has 0 unspecified atom stereocenters. The van der Waals surface area contributed by atoms with E-state index in [-0.39, 0.29) is 89.5 Å². The van der Waals surface area contributed by atoms with E-state index in [1.54, 1.807) is 0 Å². The van der Waals surface area contributed by atoms with Gasteiger partial charge >= 0.3 is 89.5 Å². The third-order valence-corrected chi connectivity index (χ3v) is 31.0. The maximum absolute atomic E-state index is 7.40. The standard InChI is InChI=1S/2C28H28P2.2C22H11N.4Au/c2*1-5-15-25(16-6-1)29(26-17-7-2-8-18-26)23-13-14-24-30(27-19-9-3-10-20-27)28-21-11-4-12-22-28;2*1-3-16-11-13-21-20(14-16)19-12-10-17(4-2)15-22(19)23(21)18-8-6-5-7-9-18;;;;/h2*1-12,15-22H,13-14,23-24H2;2*5-15H;;;;/q;;2*-2;4*+1/p+4. The van der Waals surface area contributed by atoms with Gasteiger partial charge in [0.25, 0.3) is 0 Å². The molecule has 0 fully saturated rings. The van der Waals surface area contributed by atoms with Crippen molar-refractivity contribution in [2.75, 3.05) is 24.6 Å². The van der Waals surface area contributed by atoms with E-state index in [0.717, 1.165) is 77.2 Å². The minimum atomic E-state index is -0.714. The van der Waals surface area contributed by atoms with E-state index >= 15 is 0 Å². The molecule has 0 saturated carbocycles. The topological polar surface area (TPSA) is 9.86 Å². The van der Waals surface area contributed by atoms with Crippen LogP contribution >= 0.6 is 31.7 Å². The Balaban J connectivity index is 0.000000168. The molecule has 0 spiro atoms. The molecule has 0 aliphatic carbocycles. The summed E-state index contributed by atoms with van der Waals surface area (Å²) in [6.45, 7) is 0. The Labute approximate surface area is 718 Å². The number of unbranched alkanes of at least 4 members (excludes halogenated alkanes) is 2. The molecule has 0 radical (unpaired) electrons. The predicted molar refractivity (Wildman–Crippen MR) is 466 cm³/mol. The zero-order valence-corrected chi connectivity index (χ0v) is 73.2. The van der Waals surface area contributed by atoms with Crippen molar-refractivity contribution in [3.63, 3.8) is 0 Å². The monoisotopic (exact) mass is 2220 g/mol. The van der Waals surface area contributed by atoms with Crippen LogP contribution in [0.4, 0.5) is 0 Å². The van der Waals surface area contributed by atoms with E-state index in [0.29, 0.717) is 0 Å². The summed E-state index contributed by atoms with van der Waals surface area (Å²) in [7, 11) is -2.86. The smallest absolute Gasteiger partial charge is 0.366 e. The van der Waals surface area contributed by atoms with Gasteiger partial charge in [-0.25, -0.2) is 0 Å². The van der Waals surface area contributed by atoms with Gasteiger partial charge < -0.3 is 34.8 Å². The second-order valence-electron chi connectivity index (χ2n) is 26.0. The fourth-order valence-electron chi connectivity index (χ4n) is 14.2. The molecule has 0 aliphatic rings. The van der Waals surface area contributed by atoms with Crippen molar-refractivity contribution in [1.29, 1.82) is 0 Å². The van der Waals surface area contributed by atoms with E-state index < -0.39 is 31.7 Å². The molecule has 14 aromatic carbocycles. The first-order valence-corrected chi connectivity index (χ1v) is 43.1. The van der Waals surface area contributed by atoms with Crippen LogP contribution in [0.25, 0.3) is 55.0 Å². The minimum absolute atomic E-state index is 0. The Bertz CT molecular complexity index is 4970. The molecule has 0 N–H and O–H groups in total. The minimum Gasteiger partial charge on any atom is -0.366 e. The summed E-state index contributed by atoms with van der Waals surface area (Å²) < 4.78 is 4.36. The summed E-state index contributed by atoms with van der Waals surface area (Å²) in [5, 5.41) is 16.6. The van der Waals surface area contributed by atoms with E-state index in [9.17, 15) is 0 Å². The molecular formula is C100H82Au4N2P4+4. The van der Waals surface area contributed by atoms with Gasteiger partial charge in [-0.2, -0.15) is 0 Å². The summed E-state index contributed by atoms with van der Waals surface area (Å²) in [6, 6.07) is 133. The molecule has 16 aromatic rings. The first-order chi connectivity index (χ1) is 52.5. The van der Waals surface area contributed by atoms with Gasteiger partial charge in [0.1, 0.15) is 0 Å². The predicted octanol–water partition coefficient (Wildman–Crippen LogP) is 20.3. The first-order valence-electron chi connectivity index (χ1n) is 36.3. The van der Waals surface area contributed by atoms with Crippen LogP contribution < -0.4 is 42.4 Å². The number of benzene rings is 14. The van der Waals surface area contributed by atoms with Crippen molar-refractivity contribution in [2.45, 2.75) is 25.7 Å². The van der Waals surface area contributed by atoms with Gasteiger partial charge in [0.15, 0.2) is 0 Å². The van der Waals surface area contributed by atoms with Crippen molar-refractivity contribution in [3.8, 4) is 35.1 Å². The maximum atomic E-state index is 7.40. The number of hydrogen-bond acceptors (Lipinski definition) is 0. The molecule has 552 valence electrons. The second kappa shape index (κ2) is 44.6. The molecule has 0 atom stereocenters. The van der Waals surface area contributed by atoms with Crippen LogP contribution in [0.3, 0.4) is 0 Å². The van der Waals surface area contributed by atoms with Gasteiger partial charge in [0, 0.05) is 33.2 Å². The number of fused-ring (bicyclic) bond motifs is 6. The van der Waals surface area contributed by atoms with Gasteiger partial charge in [0.05, 0.1) is 110 Å². The van der Waals surface area contributed by atoms with Gasteiger partial charge in [-0.1, -0.05) is 206 Å². The Kier molecular flexibility index (Phi) is 34.7. The molecule has 0 bridgehead atoms. The Morgan fingerprint density at radius 2 is 0.391 bits per heavy atom. The third kappa shape index (κ3) is 22.0. The zero-order chi connectivity index (χ0) is 72.5. The van der Waals surface area contributed by atoms with Crippen LogP contribution in [0.5, 0.6) is 0 Å². The quantitative estimate of drug-likeness (QED) is 0.0237. The molecular weight excluding hydrogens is 2140 g/mol. The molecule has 10 heteroatoms. The number of nitrogens with zero attached hydrogens (tertiary/aromatic N) is 2. The van der Waals surface area contributed by atoms with Crippen molar-refractivity contribution in [3.05, 3.63) is 424 Å². The molecule has 110 heavy (non-hydrogen) atoms. The summed E-state index contributed by atoms with van der Waals surface area (Å²) in [5.74, 6) is 9.83. The first kappa shape index (κ1) is 85.6. The van der Waals surface area contributed by atoms with Gasteiger partial charge in [-0.05, 0) is 158 Å². The summed E-state index contributed by atoms with van der Waals surface area (Å²) in [4.78, 5) is 0. The van der Waals surface area contributed by atoms with Crippen LogP contribution in [0.2, 0.25) is 0 Å². The second-order valence-corrected chi connectivity index (χ2v) is 36.5. The van der Waals surface area contributed by atoms with Crippen LogP contribution in [0.15, 0.2) is 376 Å². The Morgan fingerprint density at radius 1 is 0.200 bits per heavy atom. The fraction of sp³-hybridized carbons (Fsp3) is 0.0800. The van der Waals surface area contributed by atoms with E-state index in [2.05, 4.69) is 300 Å². The van der Waals surface area contributed by atoms with Crippen LogP contribution in [0, 0.1) is 49.4 Å². The zero-order valence-electron chi connectivity index (χ0n) is 60.6. The van der Waals surface area contributed by atoms with E-state index in [4.69, 9.17) is 25.7 Å². The average Bonchev–Trinajstić information content (AvgIpc) is 1.60. The fourth-order valence-corrected chi connectivity index (χ4v) is 25.0. The van der Waals surface area contributed by atoms with Crippen molar-refractivity contribution in [2.24, 2.45) is 0 Å². The Hall–Kier alpha value is -8.40. The van der Waals surface area contributed by atoms with E-state index in [1.807, 2.05) is 109 Å². The number of hydrogen-bond donors (Lipinski definition) is 0. The number of rotatable bonds is 20. The molecule has 0 saturated heterocycles. The summed E-state index contributed by atoms with van der Waals surface area (Å²) >= 11 is 0. The third-order valence-electron chi connectivity index (χ3n) is 19.3. The number of aromatic nitrogens is 2. The van der Waals surface area contributed by atoms with Crippen LogP contribution in [0.1, 0.15) is 47.9 Å². The molecule has 0 amide bonds. The molecule has 16 rings (SSSR count). The molecule has 2 aromatic heterocycles. The van der Waals surface area contributed by atoms with Gasteiger partial charge in [-0.3, -0.25) is 23.7 Å². The van der Waals surface area contributed by atoms with Crippen molar-refractivity contribution < 1.29 is 89.5 Å². The summed E-state index contributed by atoms with van der Waals surface area (Å²) in [5.41, 5.74) is 9.37. The summed E-state index contributed by atoms with van der Waals surface area (Å²) in [6.07, 6.45) is 39.9. The SMILES string of the molecule is [Au+].[Au+].[Au+].[Au+].[C-]#Cc1ccc2c(c1)c1ccc(C#[C-])cc1n2-c1ccccc1.[C-]#Cc1ccc2c(c1)c1ccc(C#[C-])cc1n2-c1ccccc1.c1ccc([PH+](CCCC[PH+](c2ccccc2)c2ccccc2)c2ccccc2)cc1.c1ccc([PH+](CCCC[PH+](c2ccccc2)c2ccccc2)c2ccccc2)cc1.